The number of ether oxygens (including phenoxy) is 1. The number of H-pyrrole nitrogens is 1. The zero-order valence-corrected chi connectivity index (χ0v) is 12.7. The fourth-order valence-electron chi connectivity index (χ4n) is 1.62. The van der Waals surface area contributed by atoms with Gasteiger partial charge in [-0.15, -0.1) is 11.3 Å². The summed E-state index contributed by atoms with van der Waals surface area (Å²) in [7, 11) is 1.47. The molecular formula is C11H9ClN4O2S2. The minimum atomic E-state index is -1.35. The Bertz CT molecular complexity index is 716. The van der Waals surface area contributed by atoms with Crippen LogP contribution in [-0.4, -0.2) is 31.6 Å². The summed E-state index contributed by atoms with van der Waals surface area (Å²) in [6.45, 7) is 0. The van der Waals surface area contributed by atoms with Crippen molar-refractivity contribution in [2.75, 3.05) is 7.11 Å². The number of aromatic amines is 1. The molecule has 1 unspecified atom stereocenters. The van der Waals surface area contributed by atoms with Gasteiger partial charge in [-0.25, -0.2) is 4.98 Å². The fraction of sp³-hybridized carbons (Fsp3) is 0.182. The minimum Gasteiger partial charge on any atom is -0.609 e. The van der Waals surface area contributed by atoms with E-state index in [0.29, 0.717) is 16.0 Å². The third-order valence-electron chi connectivity index (χ3n) is 2.54. The van der Waals surface area contributed by atoms with Crippen molar-refractivity contribution in [3.05, 3.63) is 27.8 Å². The maximum Gasteiger partial charge on any atom is 0.322 e. The van der Waals surface area contributed by atoms with Crippen LogP contribution in [-0.2, 0) is 16.9 Å². The maximum absolute atomic E-state index is 12.2. The van der Waals surface area contributed by atoms with Gasteiger partial charge in [0.25, 0.3) is 0 Å². The number of hydrogen-bond donors (Lipinski definition) is 1. The van der Waals surface area contributed by atoms with Gasteiger partial charge < -0.3 is 9.29 Å². The van der Waals surface area contributed by atoms with E-state index in [-0.39, 0.29) is 11.6 Å². The number of methoxy groups -OCH3 is 1. The van der Waals surface area contributed by atoms with Crippen LogP contribution in [0.1, 0.15) is 5.82 Å². The molecule has 0 aliphatic rings. The Morgan fingerprint density at radius 2 is 2.30 bits per heavy atom. The van der Waals surface area contributed by atoms with Crippen LogP contribution in [0.25, 0.3) is 11.0 Å². The van der Waals surface area contributed by atoms with Gasteiger partial charge in [-0.05, 0) is 0 Å². The second-order valence-electron chi connectivity index (χ2n) is 3.85. The molecule has 0 spiro atoms. The number of nitrogens with zero attached hydrogens (tertiary/aromatic N) is 3. The lowest BCUT2D eigenvalue weighted by Crippen LogP contribution is -2.10. The van der Waals surface area contributed by atoms with Gasteiger partial charge in [0.15, 0.2) is 11.6 Å². The lowest BCUT2D eigenvalue weighted by molar-refractivity contribution is 0.395. The van der Waals surface area contributed by atoms with E-state index >= 15 is 0 Å². The van der Waals surface area contributed by atoms with Crippen LogP contribution in [0.2, 0.25) is 5.02 Å². The Labute approximate surface area is 126 Å². The smallest absolute Gasteiger partial charge is 0.322 e. The van der Waals surface area contributed by atoms with E-state index in [9.17, 15) is 4.55 Å². The zero-order valence-electron chi connectivity index (χ0n) is 10.3. The van der Waals surface area contributed by atoms with Crippen molar-refractivity contribution in [1.29, 1.82) is 0 Å². The summed E-state index contributed by atoms with van der Waals surface area (Å²) in [6.07, 6.45) is 1.43. The first-order valence-corrected chi connectivity index (χ1v) is 8.17. The molecule has 6 nitrogen and oxygen atoms in total. The van der Waals surface area contributed by atoms with Gasteiger partial charge in [-0.2, -0.15) is 9.97 Å². The molecule has 20 heavy (non-hydrogen) atoms. The standard InChI is InChI=1S/C11H9ClN4O2S2/c1-18-10-6(12)2-13-9(16-10)5-20(17)11-14-7-3-19-4-8(7)15-11/h2-4H,5H2,1H3,(H,14,15). The molecule has 0 amide bonds. The summed E-state index contributed by atoms with van der Waals surface area (Å²) in [4.78, 5) is 15.4. The van der Waals surface area contributed by atoms with Gasteiger partial charge >= 0.3 is 5.16 Å². The molecule has 0 aliphatic heterocycles. The highest BCUT2D eigenvalue weighted by Gasteiger charge is 2.20. The topological polar surface area (TPSA) is 86.8 Å². The highest BCUT2D eigenvalue weighted by atomic mass is 35.5. The average molecular weight is 329 g/mol. The van der Waals surface area contributed by atoms with Crippen molar-refractivity contribution in [2.45, 2.75) is 10.9 Å². The Balaban J connectivity index is 1.81. The first-order chi connectivity index (χ1) is 9.67. The molecular weight excluding hydrogens is 320 g/mol. The van der Waals surface area contributed by atoms with E-state index in [1.165, 1.54) is 13.3 Å². The van der Waals surface area contributed by atoms with E-state index in [1.54, 1.807) is 11.3 Å². The molecule has 0 saturated carbocycles. The molecule has 1 N–H and O–H groups in total. The molecule has 0 bridgehead atoms. The number of fused-ring (bicyclic) bond motifs is 1. The van der Waals surface area contributed by atoms with Gasteiger partial charge in [0, 0.05) is 21.9 Å². The number of hydrogen-bond acceptors (Lipinski definition) is 6. The van der Waals surface area contributed by atoms with Crippen molar-refractivity contribution in [1.82, 2.24) is 19.9 Å². The first-order valence-electron chi connectivity index (χ1n) is 5.53. The van der Waals surface area contributed by atoms with Gasteiger partial charge in [0.05, 0.1) is 18.8 Å². The second-order valence-corrected chi connectivity index (χ2v) is 6.36. The van der Waals surface area contributed by atoms with E-state index in [1.807, 2.05) is 10.8 Å². The summed E-state index contributed by atoms with van der Waals surface area (Å²) in [5.41, 5.74) is 1.70. The monoisotopic (exact) mass is 328 g/mol. The zero-order chi connectivity index (χ0) is 14.1. The van der Waals surface area contributed by atoms with Gasteiger partial charge in [-0.1, -0.05) is 11.6 Å². The fourth-order valence-corrected chi connectivity index (χ4v) is 3.41. The summed E-state index contributed by atoms with van der Waals surface area (Å²) in [5, 5.41) is 4.56. The Kier molecular flexibility index (Phi) is 3.79. The molecule has 104 valence electrons. The van der Waals surface area contributed by atoms with Crippen LogP contribution in [0.15, 0.2) is 22.1 Å². The molecule has 0 fully saturated rings. The molecule has 3 heterocycles. The van der Waals surface area contributed by atoms with E-state index < -0.39 is 11.2 Å². The van der Waals surface area contributed by atoms with Crippen molar-refractivity contribution >= 4 is 45.1 Å². The van der Waals surface area contributed by atoms with E-state index in [2.05, 4.69) is 19.9 Å². The van der Waals surface area contributed by atoms with Gasteiger partial charge in [0.1, 0.15) is 10.5 Å². The number of thiophene rings is 1. The number of aromatic nitrogens is 4. The van der Waals surface area contributed by atoms with Crippen LogP contribution in [0.5, 0.6) is 5.88 Å². The number of imidazole rings is 1. The SMILES string of the molecule is COc1nc(C[S+]([O-])c2nc3cscc3[nH]2)ncc1Cl. The van der Waals surface area contributed by atoms with Crippen molar-refractivity contribution in [3.8, 4) is 5.88 Å². The molecule has 3 aromatic rings. The predicted molar refractivity (Wildman–Crippen MR) is 77.7 cm³/mol. The predicted octanol–water partition coefficient (Wildman–Crippen LogP) is 2.38. The Hall–Kier alpha value is -1.35. The third kappa shape index (κ3) is 2.59. The highest BCUT2D eigenvalue weighted by molar-refractivity contribution is 7.90. The van der Waals surface area contributed by atoms with Gasteiger partial charge in [-0.3, -0.25) is 4.98 Å². The van der Waals surface area contributed by atoms with Crippen LogP contribution >= 0.6 is 22.9 Å². The maximum atomic E-state index is 12.2. The molecule has 0 aromatic carbocycles. The molecule has 3 rings (SSSR count). The molecule has 1 atom stereocenters. The second kappa shape index (κ2) is 5.57. The lowest BCUT2D eigenvalue weighted by Gasteiger charge is -2.07. The molecule has 9 heteroatoms. The molecule has 0 radical (unpaired) electrons. The summed E-state index contributed by atoms with van der Waals surface area (Å²) in [5.74, 6) is 0.810. The normalized spacial score (nSPS) is 12.8. The quantitative estimate of drug-likeness (QED) is 0.743. The van der Waals surface area contributed by atoms with Crippen molar-refractivity contribution in [2.24, 2.45) is 0 Å². The van der Waals surface area contributed by atoms with Crippen molar-refractivity contribution in [3.63, 3.8) is 0 Å². The number of rotatable bonds is 4. The Morgan fingerprint density at radius 1 is 1.45 bits per heavy atom. The molecule has 3 aromatic heterocycles. The Morgan fingerprint density at radius 3 is 3.05 bits per heavy atom. The van der Waals surface area contributed by atoms with Crippen LogP contribution in [0.3, 0.4) is 0 Å². The lowest BCUT2D eigenvalue weighted by atomic mass is 10.5. The van der Waals surface area contributed by atoms with Crippen LogP contribution in [0.4, 0.5) is 0 Å². The van der Waals surface area contributed by atoms with Crippen LogP contribution < -0.4 is 4.74 Å². The largest absolute Gasteiger partial charge is 0.609 e. The first kappa shape index (κ1) is 13.6. The third-order valence-corrected chi connectivity index (χ3v) is 4.67. The number of halogens is 1. The number of nitrogens with one attached hydrogen (secondary N) is 1. The summed E-state index contributed by atoms with van der Waals surface area (Å²) < 4.78 is 17.2. The average Bonchev–Trinajstić information content (AvgIpc) is 3.01. The molecule has 0 saturated heterocycles. The molecule has 0 aliphatic carbocycles. The summed E-state index contributed by atoms with van der Waals surface area (Å²) >= 11 is 6.04. The summed E-state index contributed by atoms with van der Waals surface area (Å²) in [6, 6.07) is 0. The minimum absolute atomic E-state index is 0.146. The highest BCUT2D eigenvalue weighted by Crippen LogP contribution is 2.23. The van der Waals surface area contributed by atoms with Gasteiger partial charge in [0.2, 0.25) is 5.88 Å². The van der Waals surface area contributed by atoms with Crippen molar-refractivity contribution < 1.29 is 9.29 Å². The van der Waals surface area contributed by atoms with E-state index in [4.69, 9.17) is 16.3 Å². The van der Waals surface area contributed by atoms with E-state index in [0.717, 1.165) is 11.0 Å². The van der Waals surface area contributed by atoms with Crippen LogP contribution in [0, 0.1) is 0 Å².